The van der Waals surface area contributed by atoms with Crippen LogP contribution in [0.5, 0.6) is 0 Å². The second kappa shape index (κ2) is 8.07. The van der Waals surface area contributed by atoms with Crippen molar-refractivity contribution in [3.63, 3.8) is 0 Å². The van der Waals surface area contributed by atoms with E-state index >= 15 is 0 Å². The van der Waals surface area contributed by atoms with Crippen molar-refractivity contribution in [1.29, 1.82) is 0 Å². The Morgan fingerprint density at radius 2 is 1.83 bits per heavy atom. The van der Waals surface area contributed by atoms with Gasteiger partial charge in [-0.05, 0) is 43.4 Å². The van der Waals surface area contributed by atoms with Crippen LogP contribution in [-0.2, 0) is 6.54 Å². The molecule has 6 heteroatoms. The molecule has 29 heavy (non-hydrogen) atoms. The maximum atomic E-state index is 13.1. The molecule has 0 saturated carbocycles. The quantitative estimate of drug-likeness (QED) is 0.742. The number of fused-ring (bicyclic) bond motifs is 1. The van der Waals surface area contributed by atoms with Gasteiger partial charge in [0, 0.05) is 25.8 Å². The number of pyridine rings is 1. The summed E-state index contributed by atoms with van der Waals surface area (Å²) in [6.45, 7) is 6.13. The molecule has 3 aromatic rings. The minimum Gasteiger partial charge on any atom is -0.345 e. The van der Waals surface area contributed by atoms with Crippen molar-refractivity contribution in [2.24, 2.45) is 5.92 Å². The molecule has 3 heterocycles. The molecule has 6 nitrogen and oxygen atoms in total. The Morgan fingerprint density at radius 3 is 2.55 bits per heavy atom. The topological polar surface area (TPSA) is 66.7 Å². The summed E-state index contributed by atoms with van der Waals surface area (Å²) in [6, 6.07) is 13.5. The third-order valence-electron chi connectivity index (χ3n) is 5.60. The lowest BCUT2D eigenvalue weighted by Crippen LogP contribution is -2.38. The smallest absolute Gasteiger partial charge is 0.287 e. The van der Waals surface area contributed by atoms with Crippen molar-refractivity contribution in [3.05, 3.63) is 71.3 Å². The van der Waals surface area contributed by atoms with Gasteiger partial charge in [0.25, 0.3) is 11.8 Å². The molecule has 150 valence electrons. The van der Waals surface area contributed by atoms with Crippen LogP contribution in [0.25, 0.3) is 5.52 Å². The molecule has 4 rings (SSSR count). The highest BCUT2D eigenvalue weighted by Gasteiger charge is 2.27. The van der Waals surface area contributed by atoms with E-state index in [1.807, 2.05) is 54.3 Å². The number of carbonyl (C=O) groups is 2. The first-order chi connectivity index (χ1) is 14.0. The van der Waals surface area contributed by atoms with Crippen molar-refractivity contribution in [2.75, 3.05) is 13.1 Å². The second-order valence-electron chi connectivity index (χ2n) is 7.88. The monoisotopic (exact) mass is 390 g/mol. The van der Waals surface area contributed by atoms with Crippen LogP contribution >= 0.6 is 0 Å². The largest absolute Gasteiger partial charge is 0.345 e. The number of amides is 2. The van der Waals surface area contributed by atoms with Crippen LogP contribution < -0.4 is 5.32 Å². The fourth-order valence-corrected chi connectivity index (χ4v) is 3.68. The molecule has 1 aliphatic rings. The van der Waals surface area contributed by atoms with Gasteiger partial charge in [-0.1, -0.05) is 42.8 Å². The van der Waals surface area contributed by atoms with Gasteiger partial charge in [-0.2, -0.15) is 0 Å². The zero-order valence-electron chi connectivity index (χ0n) is 16.9. The SMILES string of the molecule is Cc1ccc(CNC(=O)c2nc(C(=O)N3CCC(C)CC3)c3ccccn23)cc1. The van der Waals surface area contributed by atoms with E-state index in [0.717, 1.165) is 31.5 Å². The Bertz CT molecular complexity index is 1030. The van der Waals surface area contributed by atoms with Crippen molar-refractivity contribution < 1.29 is 9.59 Å². The lowest BCUT2D eigenvalue weighted by Gasteiger charge is -2.29. The van der Waals surface area contributed by atoms with Gasteiger partial charge in [-0.15, -0.1) is 0 Å². The van der Waals surface area contributed by atoms with E-state index in [9.17, 15) is 9.59 Å². The highest BCUT2D eigenvalue weighted by atomic mass is 16.2. The van der Waals surface area contributed by atoms with Gasteiger partial charge in [0.05, 0.1) is 5.52 Å². The standard InChI is InChI=1S/C23H26N4O2/c1-16-6-8-18(9-7-16)15-24-22(28)21-25-20(19-5-3-4-12-27(19)21)23(29)26-13-10-17(2)11-14-26/h3-9,12,17H,10-11,13-15H2,1-2H3,(H,24,28). The molecule has 0 atom stereocenters. The van der Waals surface area contributed by atoms with Gasteiger partial charge >= 0.3 is 0 Å². The number of nitrogens with one attached hydrogen (secondary N) is 1. The van der Waals surface area contributed by atoms with Crippen LogP contribution in [0.15, 0.2) is 48.7 Å². The second-order valence-corrected chi connectivity index (χ2v) is 7.88. The number of benzene rings is 1. The molecule has 1 fully saturated rings. The van der Waals surface area contributed by atoms with E-state index in [4.69, 9.17) is 0 Å². The molecule has 1 aromatic carbocycles. The fraction of sp³-hybridized carbons (Fsp3) is 0.348. The van der Waals surface area contributed by atoms with Crippen LogP contribution in [0.1, 0.15) is 52.0 Å². The maximum Gasteiger partial charge on any atom is 0.287 e. The zero-order chi connectivity index (χ0) is 20.4. The van der Waals surface area contributed by atoms with Crippen molar-refractivity contribution in [1.82, 2.24) is 19.6 Å². The first kappa shape index (κ1) is 19.2. The van der Waals surface area contributed by atoms with Gasteiger partial charge in [-0.3, -0.25) is 14.0 Å². The summed E-state index contributed by atoms with van der Waals surface area (Å²) >= 11 is 0. The molecule has 0 radical (unpaired) electrons. The van der Waals surface area contributed by atoms with Crippen LogP contribution in [0, 0.1) is 12.8 Å². The van der Waals surface area contributed by atoms with Gasteiger partial charge < -0.3 is 10.2 Å². The van der Waals surface area contributed by atoms with Crippen molar-refractivity contribution >= 4 is 17.3 Å². The molecular formula is C23H26N4O2. The van der Waals surface area contributed by atoms with Crippen molar-refractivity contribution in [2.45, 2.75) is 33.2 Å². The lowest BCUT2D eigenvalue weighted by atomic mass is 9.99. The van der Waals surface area contributed by atoms with Crippen LogP contribution in [-0.4, -0.2) is 39.2 Å². The minimum atomic E-state index is -0.293. The molecule has 0 bridgehead atoms. The highest BCUT2D eigenvalue weighted by molar-refractivity contribution is 6.02. The maximum absolute atomic E-state index is 13.1. The van der Waals surface area contributed by atoms with Gasteiger partial charge in [-0.25, -0.2) is 4.98 Å². The average molecular weight is 390 g/mol. The Hall–Kier alpha value is -3.15. The first-order valence-electron chi connectivity index (χ1n) is 10.1. The molecule has 0 aliphatic carbocycles. The van der Waals surface area contributed by atoms with Crippen LogP contribution in [0.3, 0.4) is 0 Å². The summed E-state index contributed by atoms with van der Waals surface area (Å²) in [7, 11) is 0. The molecule has 2 amide bonds. The molecule has 1 saturated heterocycles. The predicted molar refractivity (Wildman–Crippen MR) is 112 cm³/mol. The van der Waals surface area contributed by atoms with Crippen LogP contribution in [0.4, 0.5) is 0 Å². The number of piperidine rings is 1. The first-order valence-corrected chi connectivity index (χ1v) is 10.1. The summed E-state index contributed by atoms with van der Waals surface area (Å²) in [4.78, 5) is 32.2. The predicted octanol–water partition coefficient (Wildman–Crippen LogP) is 3.44. The van der Waals surface area contributed by atoms with Gasteiger partial charge in [0.15, 0.2) is 5.69 Å². The number of aromatic nitrogens is 2. The molecule has 1 N–H and O–H groups in total. The number of hydrogen-bond acceptors (Lipinski definition) is 3. The minimum absolute atomic E-state index is 0.0989. The Kier molecular flexibility index (Phi) is 5.34. The number of rotatable bonds is 4. The number of likely N-dealkylation sites (tertiary alicyclic amines) is 1. The van der Waals surface area contributed by atoms with Gasteiger partial charge in [0.2, 0.25) is 5.82 Å². The summed E-state index contributed by atoms with van der Waals surface area (Å²) in [5.74, 6) is 0.485. The van der Waals surface area contributed by atoms with E-state index in [1.54, 1.807) is 10.6 Å². The fourth-order valence-electron chi connectivity index (χ4n) is 3.68. The van der Waals surface area contributed by atoms with E-state index < -0.39 is 0 Å². The summed E-state index contributed by atoms with van der Waals surface area (Å²) in [5.41, 5.74) is 3.20. The van der Waals surface area contributed by atoms with Gasteiger partial charge in [0.1, 0.15) is 0 Å². The third-order valence-corrected chi connectivity index (χ3v) is 5.60. The molecule has 1 aliphatic heterocycles. The van der Waals surface area contributed by atoms with Crippen LogP contribution in [0.2, 0.25) is 0 Å². The number of nitrogens with zero attached hydrogens (tertiary/aromatic N) is 3. The van der Waals surface area contributed by atoms with E-state index in [-0.39, 0.29) is 17.6 Å². The average Bonchev–Trinajstić information content (AvgIpc) is 3.13. The highest BCUT2D eigenvalue weighted by Crippen LogP contribution is 2.21. The summed E-state index contributed by atoms with van der Waals surface area (Å²) in [5, 5.41) is 2.92. The molecule has 0 unspecified atom stereocenters. The third kappa shape index (κ3) is 4.01. The molecular weight excluding hydrogens is 364 g/mol. The number of hydrogen-bond donors (Lipinski definition) is 1. The van der Waals surface area contributed by atoms with Crippen molar-refractivity contribution in [3.8, 4) is 0 Å². The molecule has 2 aromatic heterocycles. The Balaban J connectivity index is 1.57. The Morgan fingerprint density at radius 1 is 1.10 bits per heavy atom. The lowest BCUT2D eigenvalue weighted by molar-refractivity contribution is 0.0694. The van der Waals surface area contributed by atoms with E-state index in [2.05, 4.69) is 17.2 Å². The summed E-state index contributed by atoms with van der Waals surface area (Å²) in [6.07, 6.45) is 3.78. The number of imidazole rings is 1. The zero-order valence-corrected chi connectivity index (χ0v) is 16.9. The number of aryl methyl sites for hydroxylation is 1. The number of carbonyl (C=O) groups excluding carboxylic acids is 2. The van der Waals surface area contributed by atoms with E-state index in [0.29, 0.717) is 23.7 Å². The normalized spacial score (nSPS) is 14.9. The Labute approximate surface area is 170 Å². The molecule has 0 spiro atoms. The summed E-state index contributed by atoms with van der Waals surface area (Å²) < 4.78 is 1.70. The van der Waals surface area contributed by atoms with E-state index in [1.165, 1.54) is 5.56 Å².